The average molecular weight is 401 g/mol. The molecule has 6 nitrogen and oxygen atoms in total. The number of anilines is 1. The summed E-state index contributed by atoms with van der Waals surface area (Å²) in [5.41, 5.74) is 1.13. The van der Waals surface area contributed by atoms with E-state index >= 15 is 0 Å². The topological polar surface area (TPSA) is 76.9 Å². The second-order valence-corrected chi connectivity index (χ2v) is 8.87. The summed E-state index contributed by atoms with van der Waals surface area (Å²) in [5.74, 6) is 0.625. The van der Waals surface area contributed by atoms with Gasteiger partial charge in [0.15, 0.2) is 11.0 Å². The highest BCUT2D eigenvalue weighted by Gasteiger charge is 2.20. The van der Waals surface area contributed by atoms with Crippen LogP contribution in [0.5, 0.6) is 0 Å². The smallest absolute Gasteiger partial charge is 0.271 e. The molecule has 1 N–H and O–H groups in total. The Labute approximate surface area is 152 Å². The Bertz CT molecular complexity index is 982. The molecular weight excluding hydrogens is 388 g/mol. The predicted octanol–water partition coefficient (Wildman–Crippen LogP) is 3.72. The number of thiophene rings is 1. The molecule has 0 amide bonds. The van der Waals surface area contributed by atoms with E-state index in [1.54, 1.807) is 35.7 Å². The molecule has 0 unspecified atom stereocenters. The fourth-order valence-corrected chi connectivity index (χ4v) is 4.96. The van der Waals surface area contributed by atoms with Gasteiger partial charge in [0.1, 0.15) is 4.21 Å². The van der Waals surface area contributed by atoms with Crippen LogP contribution in [0.1, 0.15) is 0 Å². The highest BCUT2D eigenvalue weighted by molar-refractivity contribution is 7.98. The molecule has 126 valence electrons. The van der Waals surface area contributed by atoms with Crippen LogP contribution in [0, 0.1) is 0 Å². The van der Waals surface area contributed by atoms with Gasteiger partial charge in [-0.3, -0.25) is 4.72 Å². The summed E-state index contributed by atoms with van der Waals surface area (Å²) in [7, 11) is -1.84. The van der Waals surface area contributed by atoms with Crippen molar-refractivity contribution in [3.63, 3.8) is 0 Å². The van der Waals surface area contributed by atoms with Crippen LogP contribution in [0.2, 0.25) is 5.02 Å². The van der Waals surface area contributed by atoms with Crippen molar-refractivity contribution in [1.82, 2.24) is 14.8 Å². The number of nitrogens with one attached hydrogen (secondary N) is 1. The van der Waals surface area contributed by atoms with E-state index in [-0.39, 0.29) is 4.21 Å². The molecule has 0 aliphatic rings. The van der Waals surface area contributed by atoms with Crippen molar-refractivity contribution in [2.45, 2.75) is 9.37 Å². The summed E-state index contributed by atoms with van der Waals surface area (Å²) in [6.07, 6.45) is 1.91. The lowest BCUT2D eigenvalue weighted by Crippen LogP contribution is -2.11. The van der Waals surface area contributed by atoms with Gasteiger partial charge < -0.3 is 4.57 Å². The standard InChI is InChI=1S/C14H13ClN4O2S3/c1-19-13(16-17-14(19)22-2)9-6-12(23-8-9)24(20,21)18-11-5-3-4-10(15)7-11/h3-8,18H,1-2H3. The Kier molecular flexibility index (Phi) is 4.86. The number of rotatable bonds is 5. The number of halogens is 1. The molecule has 0 atom stereocenters. The van der Waals surface area contributed by atoms with E-state index in [4.69, 9.17) is 11.6 Å². The molecule has 0 spiro atoms. The van der Waals surface area contributed by atoms with Crippen LogP contribution in [0.3, 0.4) is 0 Å². The van der Waals surface area contributed by atoms with E-state index in [0.717, 1.165) is 16.5 Å². The van der Waals surface area contributed by atoms with Gasteiger partial charge in [-0.15, -0.1) is 21.5 Å². The zero-order valence-corrected chi connectivity index (χ0v) is 15.9. The maximum atomic E-state index is 12.5. The lowest BCUT2D eigenvalue weighted by Gasteiger charge is -2.06. The zero-order valence-electron chi connectivity index (χ0n) is 12.7. The SMILES string of the molecule is CSc1nnc(-c2csc(S(=O)(=O)Nc3cccc(Cl)c3)c2)n1C. The van der Waals surface area contributed by atoms with Crippen molar-refractivity contribution in [3.05, 3.63) is 40.7 Å². The highest BCUT2D eigenvalue weighted by atomic mass is 35.5. The van der Waals surface area contributed by atoms with Gasteiger partial charge in [0.25, 0.3) is 10.0 Å². The van der Waals surface area contributed by atoms with E-state index in [9.17, 15) is 8.42 Å². The molecule has 3 aromatic rings. The third-order valence-electron chi connectivity index (χ3n) is 3.19. The van der Waals surface area contributed by atoms with Gasteiger partial charge in [-0.05, 0) is 30.5 Å². The van der Waals surface area contributed by atoms with Crippen LogP contribution in [0.4, 0.5) is 5.69 Å². The fourth-order valence-electron chi connectivity index (χ4n) is 2.08. The number of aromatic nitrogens is 3. The Morgan fingerprint density at radius 2 is 2.08 bits per heavy atom. The number of hydrogen-bond donors (Lipinski definition) is 1. The molecule has 0 aliphatic carbocycles. The van der Waals surface area contributed by atoms with Crippen LogP contribution >= 0.6 is 34.7 Å². The molecule has 0 fully saturated rings. The summed E-state index contributed by atoms with van der Waals surface area (Å²) in [4.78, 5) is 0. The van der Waals surface area contributed by atoms with Gasteiger partial charge in [0, 0.05) is 23.0 Å². The molecule has 0 saturated heterocycles. The number of benzene rings is 1. The van der Waals surface area contributed by atoms with Crippen molar-refractivity contribution in [2.75, 3.05) is 11.0 Å². The minimum absolute atomic E-state index is 0.200. The zero-order chi connectivity index (χ0) is 17.3. The van der Waals surface area contributed by atoms with Crippen molar-refractivity contribution in [1.29, 1.82) is 0 Å². The van der Waals surface area contributed by atoms with E-state index in [2.05, 4.69) is 14.9 Å². The fraction of sp³-hybridized carbons (Fsp3) is 0.143. The molecule has 0 bridgehead atoms. The minimum atomic E-state index is -3.68. The van der Waals surface area contributed by atoms with Crippen LogP contribution in [-0.2, 0) is 17.1 Å². The largest absolute Gasteiger partial charge is 0.305 e. The first-order valence-corrected chi connectivity index (χ1v) is 10.7. The van der Waals surface area contributed by atoms with Crippen LogP contribution < -0.4 is 4.72 Å². The van der Waals surface area contributed by atoms with Gasteiger partial charge in [-0.25, -0.2) is 8.42 Å². The number of hydrogen-bond acceptors (Lipinski definition) is 6. The molecule has 2 heterocycles. The molecule has 0 saturated carbocycles. The third kappa shape index (κ3) is 3.44. The van der Waals surface area contributed by atoms with Crippen molar-refractivity contribution >= 4 is 50.4 Å². The number of sulfonamides is 1. The van der Waals surface area contributed by atoms with Crippen molar-refractivity contribution < 1.29 is 8.42 Å². The molecule has 1 aromatic carbocycles. The lowest BCUT2D eigenvalue weighted by atomic mass is 10.3. The average Bonchev–Trinajstić information content (AvgIpc) is 3.13. The van der Waals surface area contributed by atoms with Crippen LogP contribution in [-0.4, -0.2) is 29.4 Å². The van der Waals surface area contributed by atoms with E-state index in [1.807, 2.05) is 17.9 Å². The molecule has 2 aromatic heterocycles. The van der Waals surface area contributed by atoms with Crippen molar-refractivity contribution in [2.24, 2.45) is 7.05 Å². The van der Waals surface area contributed by atoms with E-state index < -0.39 is 10.0 Å². The van der Waals surface area contributed by atoms with Gasteiger partial charge in [-0.2, -0.15) is 0 Å². The summed E-state index contributed by atoms with van der Waals surface area (Å²) < 4.78 is 29.6. The molecule has 10 heteroatoms. The first-order valence-electron chi connectivity index (χ1n) is 6.71. The number of nitrogens with zero attached hydrogens (tertiary/aromatic N) is 3. The summed E-state index contributed by atoms with van der Waals surface area (Å²) in [6.45, 7) is 0. The highest BCUT2D eigenvalue weighted by Crippen LogP contribution is 2.30. The third-order valence-corrected chi connectivity index (χ3v) is 6.97. The van der Waals surface area contributed by atoms with Gasteiger partial charge in [0.05, 0.1) is 5.69 Å². The predicted molar refractivity (Wildman–Crippen MR) is 98.4 cm³/mol. The second kappa shape index (κ2) is 6.75. The Morgan fingerprint density at radius 3 is 2.75 bits per heavy atom. The Hall–Kier alpha value is -1.55. The van der Waals surface area contributed by atoms with E-state index in [1.165, 1.54) is 11.8 Å². The van der Waals surface area contributed by atoms with Gasteiger partial charge in [-0.1, -0.05) is 29.4 Å². The lowest BCUT2D eigenvalue weighted by molar-refractivity contribution is 0.603. The first-order chi connectivity index (χ1) is 11.4. The molecule has 0 radical (unpaired) electrons. The van der Waals surface area contributed by atoms with Crippen LogP contribution in [0.15, 0.2) is 45.1 Å². The minimum Gasteiger partial charge on any atom is -0.305 e. The summed E-state index contributed by atoms with van der Waals surface area (Å²) in [5, 5.41) is 11.2. The maximum Gasteiger partial charge on any atom is 0.271 e. The Balaban J connectivity index is 1.90. The molecule has 3 rings (SSSR count). The second-order valence-electron chi connectivity index (χ2n) is 4.84. The molecule has 0 aliphatic heterocycles. The van der Waals surface area contributed by atoms with E-state index in [0.29, 0.717) is 22.1 Å². The monoisotopic (exact) mass is 400 g/mol. The number of thioether (sulfide) groups is 1. The normalized spacial score (nSPS) is 11.6. The first kappa shape index (κ1) is 17.3. The van der Waals surface area contributed by atoms with Gasteiger partial charge in [0.2, 0.25) is 0 Å². The maximum absolute atomic E-state index is 12.5. The van der Waals surface area contributed by atoms with Crippen molar-refractivity contribution in [3.8, 4) is 11.4 Å². The Morgan fingerprint density at radius 1 is 1.29 bits per heavy atom. The summed E-state index contributed by atoms with van der Waals surface area (Å²) in [6, 6.07) is 8.15. The van der Waals surface area contributed by atoms with Gasteiger partial charge >= 0.3 is 0 Å². The molecular formula is C14H13ClN4O2S3. The molecule has 24 heavy (non-hydrogen) atoms. The summed E-state index contributed by atoms with van der Waals surface area (Å²) >= 11 is 8.49. The quantitative estimate of drug-likeness (QED) is 0.660. The van der Waals surface area contributed by atoms with Crippen LogP contribution in [0.25, 0.3) is 11.4 Å².